The number of allylic oxidation sites excluding steroid dienone is 2. The van der Waals surface area contributed by atoms with Crippen LogP contribution in [0.25, 0.3) is 0 Å². The van der Waals surface area contributed by atoms with Gasteiger partial charge in [0.05, 0.1) is 18.9 Å². The summed E-state index contributed by atoms with van der Waals surface area (Å²) in [7, 11) is 1.59. The van der Waals surface area contributed by atoms with Crippen LogP contribution in [0.1, 0.15) is 22.8 Å². The van der Waals surface area contributed by atoms with Gasteiger partial charge in [-0.1, -0.05) is 54.6 Å². The lowest BCUT2D eigenvalue weighted by atomic mass is 10.0. The average molecular weight is 510 g/mol. The molecule has 3 aromatic rings. The van der Waals surface area contributed by atoms with Crippen LogP contribution in [-0.2, 0) is 16.1 Å². The summed E-state index contributed by atoms with van der Waals surface area (Å²) < 4.78 is 11.0. The number of hydrogen-bond acceptors (Lipinski definition) is 5. The van der Waals surface area contributed by atoms with Crippen LogP contribution in [0.3, 0.4) is 0 Å². The molecule has 3 aromatic carbocycles. The van der Waals surface area contributed by atoms with E-state index in [2.05, 4.69) is 10.6 Å². The first-order chi connectivity index (χ1) is 18.5. The van der Waals surface area contributed by atoms with Crippen molar-refractivity contribution in [2.45, 2.75) is 19.6 Å². The normalized spacial score (nSPS) is 15.3. The van der Waals surface area contributed by atoms with Crippen LogP contribution in [0.15, 0.2) is 115 Å². The van der Waals surface area contributed by atoms with Gasteiger partial charge < -0.3 is 25.0 Å². The third kappa shape index (κ3) is 6.91. The van der Waals surface area contributed by atoms with Crippen LogP contribution in [-0.4, -0.2) is 36.6 Å². The second-order valence-electron chi connectivity index (χ2n) is 8.66. The van der Waals surface area contributed by atoms with Crippen LogP contribution >= 0.6 is 0 Å². The summed E-state index contributed by atoms with van der Waals surface area (Å²) >= 11 is 0. The quantitative estimate of drug-likeness (QED) is 0.268. The van der Waals surface area contributed by atoms with E-state index in [0.29, 0.717) is 30.2 Å². The van der Waals surface area contributed by atoms with Crippen molar-refractivity contribution in [2.24, 2.45) is 0 Å². The van der Waals surface area contributed by atoms with E-state index in [4.69, 9.17) is 9.47 Å². The molecule has 0 bridgehead atoms. The van der Waals surface area contributed by atoms with Gasteiger partial charge in [0.25, 0.3) is 5.91 Å². The number of carbonyl (C=O) groups is 2. The molecule has 0 saturated carbocycles. The van der Waals surface area contributed by atoms with Gasteiger partial charge in [0.2, 0.25) is 5.91 Å². The number of fused-ring (bicyclic) bond motifs is 1. The monoisotopic (exact) mass is 509 g/mol. The van der Waals surface area contributed by atoms with Crippen LogP contribution in [0, 0.1) is 0 Å². The summed E-state index contributed by atoms with van der Waals surface area (Å²) in [6.07, 6.45) is 8.74. The van der Waals surface area contributed by atoms with E-state index in [1.165, 1.54) is 6.92 Å². The van der Waals surface area contributed by atoms with E-state index < -0.39 is 6.17 Å². The van der Waals surface area contributed by atoms with E-state index >= 15 is 0 Å². The number of para-hydroxylation sites is 1. The maximum Gasteiger partial charge on any atom is 0.258 e. The lowest BCUT2D eigenvalue weighted by Crippen LogP contribution is -2.49. The number of hydrogen-bond donors (Lipinski definition) is 2. The average Bonchev–Trinajstić information content (AvgIpc) is 2.93. The molecule has 1 aliphatic rings. The highest BCUT2D eigenvalue weighted by atomic mass is 16.5. The molecule has 4 rings (SSSR count). The number of carbonyl (C=O) groups excluding carboxylic acids is 2. The fourth-order valence-electron chi connectivity index (χ4n) is 4.13. The first-order valence-electron chi connectivity index (χ1n) is 12.3. The molecule has 194 valence electrons. The molecule has 7 heteroatoms. The minimum atomic E-state index is -0.410. The number of benzene rings is 3. The van der Waals surface area contributed by atoms with E-state index in [9.17, 15) is 9.59 Å². The van der Waals surface area contributed by atoms with E-state index in [1.807, 2.05) is 77.7 Å². The number of nitrogens with zero attached hydrogens (tertiary/aromatic N) is 1. The van der Waals surface area contributed by atoms with Crippen molar-refractivity contribution in [3.63, 3.8) is 0 Å². The van der Waals surface area contributed by atoms with Gasteiger partial charge in [0.1, 0.15) is 18.5 Å². The third-order valence-electron chi connectivity index (χ3n) is 5.87. The summed E-state index contributed by atoms with van der Waals surface area (Å²) in [4.78, 5) is 26.7. The molecular weight excluding hydrogens is 478 g/mol. The Bertz CT molecular complexity index is 1330. The number of rotatable bonds is 10. The highest BCUT2D eigenvalue weighted by molar-refractivity contribution is 6.02. The number of amides is 2. The summed E-state index contributed by atoms with van der Waals surface area (Å²) in [5, 5.41) is 6.28. The molecule has 2 amide bonds. The van der Waals surface area contributed by atoms with Gasteiger partial charge in [0.15, 0.2) is 0 Å². The Morgan fingerprint density at radius 2 is 1.76 bits per heavy atom. The van der Waals surface area contributed by atoms with Gasteiger partial charge in [-0.2, -0.15) is 0 Å². The minimum absolute atomic E-state index is 0.0428. The zero-order valence-electron chi connectivity index (χ0n) is 21.5. The molecule has 0 saturated heterocycles. The van der Waals surface area contributed by atoms with Crippen LogP contribution < -0.4 is 15.4 Å². The predicted octanol–water partition coefficient (Wildman–Crippen LogP) is 5.76. The lowest BCUT2D eigenvalue weighted by molar-refractivity contribution is -0.114. The Kier molecular flexibility index (Phi) is 8.97. The molecule has 0 spiro atoms. The minimum Gasteiger partial charge on any atom is -0.504 e. The van der Waals surface area contributed by atoms with Gasteiger partial charge in [-0.3, -0.25) is 9.59 Å². The number of ether oxygens (including phenoxy) is 2. The SMILES string of the molecule is COC=CC=C(C=CCOc1ccc(NC(C)=O)cc1)C1Nc2ccccc2C(=O)N1Cc1ccccc1. The molecule has 1 heterocycles. The predicted molar refractivity (Wildman–Crippen MR) is 150 cm³/mol. The first kappa shape index (κ1) is 26.3. The summed E-state index contributed by atoms with van der Waals surface area (Å²) in [6, 6.07) is 24.7. The van der Waals surface area contributed by atoms with E-state index in [0.717, 1.165) is 16.8 Å². The Balaban J connectivity index is 1.56. The third-order valence-corrected chi connectivity index (χ3v) is 5.87. The summed E-state index contributed by atoms with van der Waals surface area (Å²) in [5.41, 5.74) is 4.04. The highest BCUT2D eigenvalue weighted by Gasteiger charge is 2.33. The van der Waals surface area contributed by atoms with Crippen molar-refractivity contribution in [1.29, 1.82) is 0 Å². The van der Waals surface area contributed by atoms with Crippen LogP contribution in [0.5, 0.6) is 5.75 Å². The molecule has 1 aliphatic heterocycles. The second kappa shape index (κ2) is 13.0. The van der Waals surface area contributed by atoms with Crippen molar-refractivity contribution >= 4 is 23.2 Å². The van der Waals surface area contributed by atoms with E-state index in [-0.39, 0.29) is 11.8 Å². The zero-order valence-corrected chi connectivity index (χ0v) is 21.5. The molecule has 1 atom stereocenters. The molecular formula is C31H31N3O4. The van der Waals surface area contributed by atoms with Crippen molar-refractivity contribution in [1.82, 2.24) is 4.90 Å². The maximum absolute atomic E-state index is 13.6. The number of nitrogens with one attached hydrogen (secondary N) is 2. The molecule has 38 heavy (non-hydrogen) atoms. The van der Waals surface area contributed by atoms with Gasteiger partial charge in [-0.05, 0) is 59.7 Å². The lowest BCUT2D eigenvalue weighted by Gasteiger charge is -2.38. The molecule has 7 nitrogen and oxygen atoms in total. The van der Waals surface area contributed by atoms with Crippen molar-refractivity contribution in [3.05, 3.63) is 126 Å². The van der Waals surface area contributed by atoms with Crippen molar-refractivity contribution in [3.8, 4) is 5.75 Å². The smallest absolute Gasteiger partial charge is 0.258 e. The van der Waals surface area contributed by atoms with E-state index in [1.54, 1.807) is 43.7 Å². The standard InChI is InChI=1S/C31H31N3O4/c1-23(35)32-26-16-18-27(19-17-26)38-21-9-13-25(12-8-20-37-2)30-33-29-15-7-6-14-28(29)31(36)34(30)22-24-10-4-3-5-11-24/h3-20,30,33H,21-22H2,1-2H3,(H,32,35). The Morgan fingerprint density at radius 3 is 2.50 bits per heavy atom. The molecule has 0 aromatic heterocycles. The maximum atomic E-state index is 13.6. The topological polar surface area (TPSA) is 79.9 Å². The fraction of sp³-hybridized carbons (Fsp3) is 0.161. The molecule has 1 unspecified atom stereocenters. The molecule has 0 fully saturated rings. The van der Waals surface area contributed by atoms with Crippen LogP contribution in [0.4, 0.5) is 11.4 Å². The zero-order chi connectivity index (χ0) is 26.7. The summed E-state index contributed by atoms with van der Waals surface area (Å²) in [5.74, 6) is 0.514. The number of methoxy groups -OCH3 is 1. The second-order valence-corrected chi connectivity index (χ2v) is 8.66. The van der Waals surface area contributed by atoms with Gasteiger partial charge in [-0.15, -0.1) is 0 Å². The van der Waals surface area contributed by atoms with Crippen molar-refractivity contribution < 1.29 is 19.1 Å². The Morgan fingerprint density at radius 1 is 1.03 bits per heavy atom. The highest BCUT2D eigenvalue weighted by Crippen LogP contribution is 2.30. The van der Waals surface area contributed by atoms with Crippen LogP contribution in [0.2, 0.25) is 0 Å². The summed E-state index contributed by atoms with van der Waals surface area (Å²) in [6.45, 7) is 2.24. The largest absolute Gasteiger partial charge is 0.504 e. The van der Waals surface area contributed by atoms with Gasteiger partial charge in [0, 0.05) is 24.8 Å². The molecule has 0 aliphatic carbocycles. The first-order valence-corrected chi connectivity index (χ1v) is 12.3. The van der Waals surface area contributed by atoms with Crippen molar-refractivity contribution in [2.75, 3.05) is 24.4 Å². The van der Waals surface area contributed by atoms with Gasteiger partial charge in [-0.25, -0.2) is 0 Å². The Hall–Kier alpha value is -4.78. The number of anilines is 2. The Labute approximate surface area is 223 Å². The fourth-order valence-corrected chi connectivity index (χ4v) is 4.13. The van der Waals surface area contributed by atoms with Gasteiger partial charge >= 0.3 is 0 Å². The molecule has 2 N–H and O–H groups in total. The molecule has 0 radical (unpaired) electrons.